The van der Waals surface area contributed by atoms with Crippen molar-refractivity contribution >= 4 is 5.96 Å². The van der Waals surface area contributed by atoms with Gasteiger partial charge in [-0.05, 0) is 38.5 Å². The average Bonchev–Trinajstić information content (AvgIpc) is 3.04. The standard InChI is InChI=1S/C16H27N5/c1-17-16(19-9-5-12-21-13-11-18-14-21)20-10-8-15-6-3-2-4-7-15/h6,11,13-14H,2-5,7-10,12H2,1H3,(H2,17,19,20). The smallest absolute Gasteiger partial charge is 0.190 e. The molecule has 1 aliphatic carbocycles. The molecule has 0 aromatic carbocycles. The zero-order valence-electron chi connectivity index (χ0n) is 13.0. The lowest BCUT2D eigenvalue weighted by Gasteiger charge is -2.15. The van der Waals surface area contributed by atoms with Crippen molar-refractivity contribution < 1.29 is 0 Å². The highest BCUT2D eigenvalue weighted by Crippen LogP contribution is 2.19. The zero-order chi connectivity index (χ0) is 14.8. The molecule has 1 aromatic rings. The number of allylic oxidation sites excluding steroid dienone is 1. The largest absolute Gasteiger partial charge is 0.356 e. The van der Waals surface area contributed by atoms with Gasteiger partial charge in [0.05, 0.1) is 6.33 Å². The summed E-state index contributed by atoms with van der Waals surface area (Å²) in [5, 5.41) is 6.74. The highest BCUT2D eigenvalue weighted by molar-refractivity contribution is 5.79. The topological polar surface area (TPSA) is 54.2 Å². The lowest BCUT2D eigenvalue weighted by molar-refractivity contribution is 0.622. The van der Waals surface area contributed by atoms with E-state index in [0.717, 1.165) is 38.4 Å². The van der Waals surface area contributed by atoms with Crippen molar-refractivity contribution in [3.8, 4) is 0 Å². The molecule has 0 saturated heterocycles. The first-order valence-electron chi connectivity index (χ1n) is 7.96. The van der Waals surface area contributed by atoms with Crippen LogP contribution in [-0.4, -0.2) is 35.6 Å². The van der Waals surface area contributed by atoms with Gasteiger partial charge in [0.1, 0.15) is 0 Å². The molecular formula is C16H27N5. The van der Waals surface area contributed by atoms with Crippen LogP contribution in [0.2, 0.25) is 0 Å². The van der Waals surface area contributed by atoms with E-state index < -0.39 is 0 Å². The second kappa shape index (κ2) is 9.21. The summed E-state index contributed by atoms with van der Waals surface area (Å²) in [7, 11) is 1.82. The van der Waals surface area contributed by atoms with E-state index >= 15 is 0 Å². The highest BCUT2D eigenvalue weighted by atomic mass is 15.2. The van der Waals surface area contributed by atoms with Crippen LogP contribution < -0.4 is 10.6 Å². The van der Waals surface area contributed by atoms with Gasteiger partial charge >= 0.3 is 0 Å². The molecule has 1 heterocycles. The summed E-state index contributed by atoms with van der Waals surface area (Å²) in [6.07, 6.45) is 15.5. The first-order valence-corrected chi connectivity index (χ1v) is 7.96. The van der Waals surface area contributed by atoms with E-state index in [1.807, 2.05) is 25.8 Å². The van der Waals surface area contributed by atoms with Crippen molar-refractivity contribution in [2.24, 2.45) is 4.99 Å². The van der Waals surface area contributed by atoms with Crippen molar-refractivity contribution in [3.63, 3.8) is 0 Å². The molecule has 1 aromatic heterocycles. The van der Waals surface area contributed by atoms with Crippen LogP contribution in [0.3, 0.4) is 0 Å². The highest BCUT2D eigenvalue weighted by Gasteiger charge is 2.03. The predicted molar refractivity (Wildman–Crippen MR) is 87.4 cm³/mol. The summed E-state index contributed by atoms with van der Waals surface area (Å²) < 4.78 is 2.09. The van der Waals surface area contributed by atoms with Gasteiger partial charge in [-0.2, -0.15) is 0 Å². The van der Waals surface area contributed by atoms with Crippen molar-refractivity contribution in [1.82, 2.24) is 20.2 Å². The molecule has 0 amide bonds. The van der Waals surface area contributed by atoms with Gasteiger partial charge in [-0.25, -0.2) is 4.98 Å². The van der Waals surface area contributed by atoms with Gasteiger partial charge in [0.25, 0.3) is 0 Å². The molecule has 0 atom stereocenters. The SMILES string of the molecule is CN=C(NCCCn1ccnc1)NCCC1=CCCCC1. The molecule has 0 spiro atoms. The molecule has 116 valence electrons. The molecule has 0 radical (unpaired) electrons. The fourth-order valence-corrected chi connectivity index (χ4v) is 2.58. The van der Waals surface area contributed by atoms with Crippen LogP contribution >= 0.6 is 0 Å². The van der Waals surface area contributed by atoms with Crippen LogP contribution in [0.15, 0.2) is 35.4 Å². The van der Waals surface area contributed by atoms with Crippen LogP contribution in [0.25, 0.3) is 0 Å². The maximum Gasteiger partial charge on any atom is 0.190 e. The summed E-state index contributed by atoms with van der Waals surface area (Å²) >= 11 is 0. The van der Waals surface area contributed by atoms with Crippen molar-refractivity contribution in [2.45, 2.75) is 45.1 Å². The maximum absolute atomic E-state index is 4.26. The molecule has 21 heavy (non-hydrogen) atoms. The number of hydrogen-bond donors (Lipinski definition) is 2. The molecule has 5 nitrogen and oxygen atoms in total. The number of imidazole rings is 1. The second-order valence-corrected chi connectivity index (χ2v) is 5.44. The molecule has 0 saturated carbocycles. The van der Waals surface area contributed by atoms with Gasteiger partial charge in [0.15, 0.2) is 5.96 Å². The van der Waals surface area contributed by atoms with Crippen LogP contribution in [0.4, 0.5) is 0 Å². The van der Waals surface area contributed by atoms with Crippen LogP contribution in [0, 0.1) is 0 Å². The Morgan fingerprint density at radius 1 is 1.33 bits per heavy atom. The Kier molecular flexibility index (Phi) is 6.84. The second-order valence-electron chi connectivity index (χ2n) is 5.44. The zero-order valence-corrected chi connectivity index (χ0v) is 13.0. The number of nitrogens with zero attached hydrogens (tertiary/aromatic N) is 3. The fraction of sp³-hybridized carbons (Fsp3) is 0.625. The molecule has 2 N–H and O–H groups in total. The third-order valence-corrected chi connectivity index (χ3v) is 3.79. The average molecular weight is 289 g/mol. The number of aryl methyl sites for hydroxylation is 1. The van der Waals surface area contributed by atoms with Gasteiger partial charge in [-0.3, -0.25) is 4.99 Å². The van der Waals surface area contributed by atoms with Gasteiger partial charge in [-0.15, -0.1) is 0 Å². The molecule has 2 rings (SSSR count). The Labute approximate surface area is 127 Å². The number of aliphatic imine (C=N–C) groups is 1. The van der Waals surface area contributed by atoms with E-state index in [-0.39, 0.29) is 0 Å². The molecule has 5 heteroatoms. The lowest BCUT2D eigenvalue weighted by atomic mass is 9.97. The summed E-state index contributed by atoms with van der Waals surface area (Å²) in [5.74, 6) is 0.900. The number of guanidine groups is 1. The molecule has 0 aliphatic heterocycles. The van der Waals surface area contributed by atoms with Gasteiger partial charge < -0.3 is 15.2 Å². The van der Waals surface area contributed by atoms with E-state index in [4.69, 9.17) is 0 Å². The van der Waals surface area contributed by atoms with Gasteiger partial charge in [-0.1, -0.05) is 11.6 Å². The lowest BCUT2D eigenvalue weighted by Crippen LogP contribution is -2.38. The quantitative estimate of drug-likeness (QED) is 0.350. The summed E-state index contributed by atoms with van der Waals surface area (Å²) in [6, 6.07) is 0. The third-order valence-electron chi connectivity index (χ3n) is 3.79. The number of rotatable bonds is 7. The Balaban J connectivity index is 1.56. The number of nitrogens with one attached hydrogen (secondary N) is 2. The monoisotopic (exact) mass is 289 g/mol. The van der Waals surface area contributed by atoms with Gasteiger partial charge in [0.2, 0.25) is 0 Å². The van der Waals surface area contributed by atoms with Gasteiger partial charge in [0, 0.05) is 39.1 Å². The molecule has 0 bridgehead atoms. The van der Waals surface area contributed by atoms with E-state index in [1.165, 1.54) is 25.7 Å². The normalized spacial score (nSPS) is 15.7. The summed E-state index contributed by atoms with van der Waals surface area (Å²) in [4.78, 5) is 8.30. The predicted octanol–water partition coefficient (Wildman–Crippen LogP) is 2.33. The van der Waals surface area contributed by atoms with Crippen LogP contribution in [-0.2, 0) is 6.54 Å². The van der Waals surface area contributed by atoms with Crippen molar-refractivity contribution in [1.29, 1.82) is 0 Å². The first-order chi connectivity index (χ1) is 10.4. The van der Waals surface area contributed by atoms with E-state index in [2.05, 4.69) is 31.3 Å². The van der Waals surface area contributed by atoms with E-state index in [9.17, 15) is 0 Å². The minimum Gasteiger partial charge on any atom is -0.356 e. The molecule has 0 fully saturated rings. The minimum atomic E-state index is 0.900. The van der Waals surface area contributed by atoms with Crippen molar-refractivity contribution in [3.05, 3.63) is 30.4 Å². The Hall–Kier alpha value is -1.78. The van der Waals surface area contributed by atoms with Crippen LogP contribution in [0.5, 0.6) is 0 Å². The maximum atomic E-state index is 4.26. The molecule has 0 unspecified atom stereocenters. The first kappa shape index (κ1) is 15.6. The summed E-state index contributed by atoms with van der Waals surface area (Å²) in [5.41, 5.74) is 1.60. The molecule has 1 aliphatic rings. The van der Waals surface area contributed by atoms with E-state index in [0.29, 0.717) is 0 Å². The minimum absolute atomic E-state index is 0.900. The Morgan fingerprint density at radius 3 is 2.95 bits per heavy atom. The van der Waals surface area contributed by atoms with Crippen molar-refractivity contribution in [2.75, 3.05) is 20.1 Å². The Morgan fingerprint density at radius 2 is 2.24 bits per heavy atom. The summed E-state index contributed by atoms with van der Waals surface area (Å²) in [6.45, 7) is 2.87. The number of hydrogen-bond acceptors (Lipinski definition) is 2. The Bertz CT molecular complexity index is 447. The third kappa shape index (κ3) is 6.02. The fourth-order valence-electron chi connectivity index (χ4n) is 2.58. The van der Waals surface area contributed by atoms with E-state index in [1.54, 1.807) is 5.57 Å². The van der Waals surface area contributed by atoms with Crippen LogP contribution in [0.1, 0.15) is 38.5 Å². The number of aromatic nitrogens is 2. The molecular weight excluding hydrogens is 262 g/mol.